The van der Waals surface area contributed by atoms with Crippen LogP contribution in [0, 0.1) is 0 Å². The molecule has 2 aromatic rings. The maximum Gasteiger partial charge on any atom is 0.117 e. The third kappa shape index (κ3) is 2.74. The van der Waals surface area contributed by atoms with Crippen LogP contribution in [0.5, 0.6) is 5.75 Å². The van der Waals surface area contributed by atoms with Crippen molar-refractivity contribution in [2.45, 2.75) is 13.1 Å². The largest absolute Gasteiger partial charge is 0.508 e. The van der Waals surface area contributed by atoms with Crippen molar-refractivity contribution in [3.8, 4) is 5.75 Å². The Morgan fingerprint density at radius 2 is 2.19 bits per heavy atom. The van der Waals surface area contributed by atoms with E-state index >= 15 is 0 Å². The number of thiophene rings is 1. The molecule has 4 N–H and O–H groups in total. The van der Waals surface area contributed by atoms with Crippen molar-refractivity contribution >= 4 is 17.0 Å². The van der Waals surface area contributed by atoms with Crippen molar-refractivity contribution in [3.05, 3.63) is 46.2 Å². The minimum absolute atomic E-state index is 0.276. The van der Waals surface area contributed by atoms with Crippen molar-refractivity contribution < 1.29 is 5.11 Å². The number of aromatic hydroxyl groups is 1. The molecule has 84 valence electrons. The molecule has 1 aromatic carbocycles. The highest BCUT2D eigenvalue weighted by molar-refractivity contribution is 7.10. The van der Waals surface area contributed by atoms with Crippen LogP contribution in [0.25, 0.3) is 0 Å². The van der Waals surface area contributed by atoms with Crippen molar-refractivity contribution in [2.24, 2.45) is 5.73 Å². The summed E-state index contributed by atoms with van der Waals surface area (Å²) in [6.07, 6.45) is 0. The number of benzene rings is 1. The van der Waals surface area contributed by atoms with Gasteiger partial charge >= 0.3 is 0 Å². The number of rotatable bonds is 4. The normalized spacial score (nSPS) is 10.3. The fraction of sp³-hybridized carbons (Fsp3) is 0.167. The summed E-state index contributed by atoms with van der Waals surface area (Å²) in [6.45, 7) is 1.34. The lowest BCUT2D eigenvalue weighted by atomic mass is 10.2. The maximum atomic E-state index is 9.30. The Labute approximate surface area is 98.5 Å². The van der Waals surface area contributed by atoms with E-state index in [1.165, 1.54) is 10.4 Å². The molecule has 0 amide bonds. The molecule has 1 aromatic heterocycles. The molecule has 0 saturated carbocycles. The molecule has 0 aliphatic rings. The fourth-order valence-corrected chi connectivity index (χ4v) is 2.22. The second kappa shape index (κ2) is 5.01. The quantitative estimate of drug-likeness (QED) is 0.762. The molecule has 0 unspecified atom stereocenters. The summed E-state index contributed by atoms with van der Waals surface area (Å²) in [5, 5.41) is 14.6. The van der Waals surface area contributed by atoms with Crippen LogP contribution in [-0.4, -0.2) is 5.11 Å². The van der Waals surface area contributed by atoms with Gasteiger partial charge in [-0.2, -0.15) is 0 Å². The zero-order valence-corrected chi connectivity index (χ0v) is 9.63. The first-order valence-electron chi connectivity index (χ1n) is 5.07. The van der Waals surface area contributed by atoms with Crippen molar-refractivity contribution in [3.63, 3.8) is 0 Å². The molecule has 2 rings (SSSR count). The summed E-state index contributed by atoms with van der Waals surface area (Å²) in [5.41, 5.74) is 7.68. The molecule has 0 fully saturated rings. The van der Waals surface area contributed by atoms with E-state index in [9.17, 15) is 5.11 Å². The molecular formula is C12H14N2OS. The molecule has 1 heterocycles. The molecular weight excluding hydrogens is 220 g/mol. The van der Waals surface area contributed by atoms with Gasteiger partial charge in [0.2, 0.25) is 0 Å². The van der Waals surface area contributed by atoms with Crippen LogP contribution in [0.1, 0.15) is 10.4 Å². The van der Waals surface area contributed by atoms with Crippen LogP contribution in [0.2, 0.25) is 0 Å². The van der Waals surface area contributed by atoms with Crippen LogP contribution in [0.3, 0.4) is 0 Å². The summed E-state index contributed by atoms with van der Waals surface area (Å²) in [6, 6.07) is 9.20. The van der Waals surface area contributed by atoms with Crippen LogP contribution < -0.4 is 11.1 Å². The Kier molecular flexibility index (Phi) is 3.44. The Hall–Kier alpha value is -1.52. The van der Waals surface area contributed by atoms with Gasteiger partial charge in [-0.1, -0.05) is 6.07 Å². The lowest BCUT2D eigenvalue weighted by Gasteiger charge is -2.04. The molecule has 0 bridgehead atoms. The van der Waals surface area contributed by atoms with Gasteiger partial charge in [-0.25, -0.2) is 0 Å². The smallest absolute Gasteiger partial charge is 0.117 e. The highest BCUT2D eigenvalue weighted by Crippen LogP contribution is 2.18. The summed E-state index contributed by atoms with van der Waals surface area (Å²) in [5.74, 6) is 0.276. The number of anilines is 1. The molecule has 0 spiro atoms. The van der Waals surface area contributed by atoms with E-state index < -0.39 is 0 Å². The number of hydrogen-bond donors (Lipinski definition) is 3. The predicted octanol–water partition coefficient (Wildman–Crippen LogP) is 2.52. The average molecular weight is 234 g/mol. The minimum Gasteiger partial charge on any atom is -0.508 e. The van der Waals surface area contributed by atoms with E-state index in [0.29, 0.717) is 6.54 Å². The van der Waals surface area contributed by atoms with Gasteiger partial charge in [-0.15, -0.1) is 11.3 Å². The van der Waals surface area contributed by atoms with Gasteiger partial charge < -0.3 is 16.2 Å². The number of hydrogen-bond acceptors (Lipinski definition) is 4. The summed E-state index contributed by atoms with van der Waals surface area (Å²) < 4.78 is 0. The number of nitrogens with two attached hydrogens (primary N) is 1. The summed E-state index contributed by atoms with van der Waals surface area (Å²) >= 11 is 1.67. The highest BCUT2D eigenvalue weighted by Gasteiger charge is 1.99. The van der Waals surface area contributed by atoms with Gasteiger partial charge in [0.1, 0.15) is 5.75 Å². The van der Waals surface area contributed by atoms with Crippen molar-refractivity contribution in [1.82, 2.24) is 0 Å². The second-order valence-electron chi connectivity index (χ2n) is 3.53. The first kappa shape index (κ1) is 11.0. The monoisotopic (exact) mass is 234 g/mol. The van der Waals surface area contributed by atoms with Gasteiger partial charge in [0.15, 0.2) is 0 Å². The van der Waals surface area contributed by atoms with Gasteiger partial charge in [-0.05, 0) is 29.1 Å². The van der Waals surface area contributed by atoms with E-state index in [1.807, 2.05) is 12.1 Å². The van der Waals surface area contributed by atoms with Crippen molar-refractivity contribution in [1.29, 1.82) is 0 Å². The minimum atomic E-state index is 0.276. The van der Waals surface area contributed by atoms with E-state index in [2.05, 4.69) is 16.8 Å². The molecule has 0 atom stereocenters. The summed E-state index contributed by atoms with van der Waals surface area (Å²) in [7, 11) is 0. The third-order valence-electron chi connectivity index (χ3n) is 2.25. The Morgan fingerprint density at radius 1 is 1.31 bits per heavy atom. The van der Waals surface area contributed by atoms with Crippen LogP contribution in [0.4, 0.5) is 5.69 Å². The summed E-state index contributed by atoms with van der Waals surface area (Å²) in [4.78, 5) is 1.19. The molecule has 4 heteroatoms. The SMILES string of the molecule is NCc1cc(CNc2cccc(O)c2)cs1. The molecule has 3 nitrogen and oxygen atoms in total. The number of nitrogens with one attached hydrogen (secondary N) is 1. The van der Waals surface area contributed by atoms with Crippen LogP contribution >= 0.6 is 11.3 Å². The average Bonchev–Trinajstić information content (AvgIpc) is 2.74. The Bertz CT molecular complexity index is 468. The molecule has 0 saturated heterocycles. The molecule has 16 heavy (non-hydrogen) atoms. The van der Waals surface area contributed by atoms with Crippen molar-refractivity contribution in [2.75, 3.05) is 5.32 Å². The first-order valence-corrected chi connectivity index (χ1v) is 5.95. The molecule has 0 aliphatic heterocycles. The van der Waals surface area contributed by atoms with Gasteiger partial charge in [-0.3, -0.25) is 0 Å². The number of phenols is 1. The zero-order chi connectivity index (χ0) is 11.4. The maximum absolute atomic E-state index is 9.30. The second-order valence-corrected chi connectivity index (χ2v) is 4.53. The van der Waals surface area contributed by atoms with Crippen LogP contribution in [0.15, 0.2) is 35.7 Å². The predicted molar refractivity (Wildman–Crippen MR) is 67.6 cm³/mol. The first-order chi connectivity index (χ1) is 7.78. The highest BCUT2D eigenvalue weighted by atomic mass is 32.1. The topological polar surface area (TPSA) is 58.3 Å². The van der Waals surface area contributed by atoms with Crippen LogP contribution in [-0.2, 0) is 13.1 Å². The Morgan fingerprint density at radius 3 is 2.88 bits per heavy atom. The van der Waals surface area contributed by atoms with E-state index in [1.54, 1.807) is 23.5 Å². The zero-order valence-electron chi connectivity index (χ0n) is 8.81. The number of phenolic OH excluding ortho intramolecular Hbond substituents is 1. The standard InChI is InChI=1S/C12H14N2OS/c13-6-12-4-9(8-16-12)7-14-10-2-1-3-11(15)5-10/h1-5,8,14-15H,6-7,13H2. The van der Waals surface area contributed by atoms with Gasteiger partial charge in [0.25, 0.3) is 0 Å². The fourth-order valence-electron chi connectivity index (χ4n) is 1.45. The van der Waals surface area contributed by atoms with Gasteiger partial charge in [0, 0.05) is 29.7 Å². The lowest BCUT2D eigenvalue weighted by Crippen LogP contribution is -1.98. The lowest BCUT2D eigenvalue weighted by molar-refractivity contribution is 0.475. The molecule has 0 aliphatic carbocycles. The van der Waals surface area contributed by atoms with E-state index in [-0.39, 0.29) is 5.75 Å². The van der Waals surface area contributed by atoms with E-state index in [4.69, 9.17) is 5.73 Å². The molecule has 0 radical (unpaired) electrons. The third-order valence-corrected chi connectivity index (χ3v) is 3.26. The Balaban J connectivity index is 1.96. The van der Waals surface area contributed by atoms with Gasteiger partial charge in [0.05, 0.1) is 0 Å². The van der Waals surface area contributed by atoms with E-state index in [0.717, 1.165) is 12.2 Å².